The van der Waals surface area contributed by atoms with Crippen LogP contribution in [-0.2, 0) is 25.0 Å². The average Bonchev–Trinajstić information content (AvgIpc) is 3.50. The fourth-order valence-electron chi connectivity index (χ4n) is 4.71. The molecule has 5 heterocycles. The monoisotopic (exact) mass is 426 g/mol. The van der Waals surface area contributed by atoms with Crippen molar-refractivity contribution in [2.45, 2.75) is 57.8 Å². The van der Waals surface area contributed by atoms with Gasteiger partial charge in [0.25, 0.3) is 0 Å². The van der Waals surface area contributed by atoms with E-state index in [1.165, 1.54) is 10.2 Å². The molecule has 30 heavy (non-hydrogen) atoms. The van der Waals surface area contributed by atoms with E-state index in [1.807, 2.05) is 28.4 Å². The molecule has 0 N–H and O–H groups in total. The third-order valence-corrected chi connectivity index (χ3v) is 7.19. The highest BCUT2D eigenvalue weighted by atomic mass is 32.1. The highest BCUT2D eigenvalue weighted by molar-refractivity contribution is 7.09. The molecule has 2 aliphatic heterocycles. The summed E-state index contributed by atoms with van der Waals surface area (Å²) in [6.45, 7) is 7.82. The maximum atomic E-state index is 12.8. The van der Waals surface area contributed by atoms with Crippen molar-refractivity contribution in [3.8, 4) is 0 Å². The number of likely N-dealkylation sites (tertiary alicyclic amines) is 1. The van der Waals surface area contributed by atoms with Crippen LogP contribution in [0.1, 0.15) is 49.0 Å². The Morgan fingerprint density at radius 3 is 2.73 bits per heavy atom. The highest BCUT2D eigenvalue weighted by Gasteiger charge is 2.47. The number of hydrogen-bond donors (Lipinski definition) is 0. The molecule has 3 aromatic rings. The molecule has 5 rings (SSSR count). The van der Waals surface area contributed by atoms with Crippen molar-refractivity contribution in [2.24, 2.45) is 0 Å². The summed E-state index contributed by atoms with van der Waals surface area (Å²) in [7, 11) is 0. The summed E-state index contributed by atoms with van der Waals surface area (Å²) >= 11 is 1.57. The van der Waals surface area contributed by atoms with Gasteiger partial charge in [0.05, 0.1) is 12.7 Å². The molecule has 0 unspecified atom stereocenters. The second-order valence-electron chi connectivity index (χ2n) is 8.74. The van der Waals surface area contributed by atoms with E-state index in [9.17, 15) is 9.59 Å². The van der Waals surface area contributed by atoms with Crippen molar-refractivity contribution in [1.29, 1.82) is 0 Å². The van der Waals surface area contributed by atoms with Gasteiger partial charge in [-0.05, 0) is 44.7 Å². The van der Waals surface area contributed by atoms with E-state index in [0.717, 1.165) is 43.2 Å². The van der Waals surface area contributed by atoms with Gasteiger partial charge in [0.2, 0.25) is 0 Å². The molecule has 0 aromatic carbocycles. The van der Waals surface area contributed by atoms with Gasteiger partial charge in [0, 0.05) is 47.7 Å². The molecule has 0 saturated carbocycles. The molecular weight excluding hydrogens is 400 g/mol. The minimum atomic E-state index is -0.528. The summed E-state index contributed by atoms with van der Waals surface area (Å²) in [6.07, 6.45) is 5.86. The van der Waals surface area contributed by atoms with Crippen molar-refractivity contribution in [1.82, 2.24) is 29.0 Å². The van der Waals surface area contributed by atoms with Gasteiger partial charge in [-0.1, -0.05) is 6.07 Å². The summed E-state index contributed by atoms with van der Waals surface area (Å²) < 4.78 is 4.96. The Labute approximate surface area is 178 Å². The molecule has 0 aliphatic carbocycles. The van der Waals surface area contributed by atoms with E-state index in [0.29, 0.717) is 19.1 Å². The van der Waals surface area contributed by atoms with Gasteiger partial charge in [-0.25, -0.2) is 4.68 Å². The number of hydrogen-bond acceptors (Lipinski definition) is 6. The molecule has 8 nitrogen and oxygen atoms in total. The Morgan fingerprint density at radius 1 is 1.17 bits per heavy atom. The Hall–Kier alpha value is -2.52. The first kappa shape index (κ1) is 19.4. The molecule has 3 aromatic heterocycles. The van der Waals surface area contributed by atoms with Crippen LogP contribution in [0.25, 0.3) is 0 Å². The average molecular weight is 427 g/mol. The van der Waals surface area contributed by atoms with Crippen LogP contribution in [0.4, 0.5) is 0 Å². The molecule has 1 fully saturated rings. The first-order valence-corrected chi connectivity index (χ1v) is 11.3. The molecular formula is C21H26N6O2S. The molecule has 1 saturated heterocycles. The minimum absolute atomic E-state index is 0.155. The van der Waals surface area contributed by atoms with Gasteiger partial charge in [-0.15, -0.1) is 11.3 Å². The van der Waals surface area contributed by atoms with E-state index in [1.54, 1.807) is 15.9 Å². The SMILES string of the molecule is CC(C)n1cc(CN2CC[C@@]3(CCn4c3nn(Cc3cccs3)c(=O)c4=O)C2)cn1. The van der Waals surface area contributed by atoms with Crippen LogP contribution in [0, 0.1) is 0 Å². The van der Waals surface area contributed by atoms with Crippen molar-refractivity contribution in [3.63, 3.8) is 0 Å². The van der Waals surface area contributed by atoms with Crippen LogP contribution in [0.3, 0.4) is 0 Å². The van der Waals surface area contributed by atoms with Gasteiger partial charge < -0.3 is 0 Å². The van der Waals surface area contributed by atoms with E-state index >= 15 is 0 Å². The lowest BCUT2D eigenvalue weighted by Crippen LogP contribution is -2.45. The first-order chi connectivity index (χ1) is 14.4. The quantitative estimate of drug-likeness (QED) is 0.582. The lowest BCUT2D eigenvalue weighted by molar-refractivity contribution is 0.297. The lowest BCUT2D eigenvalue weighted by Gasteiger charge is -2.23. The Morgan fingerprint density at radius 2 is 2.00 bits per heavy atom. The van der Waals surface area contributed by atoms with Gasteiger partial charge in [-0.3, -0.25) is 23.7 Å². The fourth-order valence-corrected chi connectivity index (χ4v) is 5.40. The van der Waals surface area contributed by atoms with Crippen molar-refractivity contribution in [2.75, 3.05) is 13.1 Å². The smallest absolute Gasteiger partial charge is 0.298 e. The summed E-state index contributed by atoms with van der Waals surface area (Å²) in [5.74, 6) is 0.782. The van der Waals surface area contributed by atoms with E-state index in [2.05, 4.69) is 30.0 Å². The summed E-state index contributed by atoms with van der Waals surface area (Å²) in [5.41, 5.74) is 0.0787. The summed E-state index contributed by atoms with van der Waals surface area (Å²) in [5, 5.41) is 11.1. The summed E-state index contributed by atoms with van der Waals surface area (Å²) in [6, 6.07) is 4.26. The second kappa shape index (κ2) is 7.31. The summed E-state index contributed by atoms with van der Waals surface area (Å²) in [4.78, 5) is 28.8. The third-order valence-electron chi connectivity index (χ3n) is 6.33. The maximum Gasteiger partial charge on any atom is 0.332 e. The van der Waals surface area contributed by atoms with Crippen molar-refractivity contribution >= 4 is 11.3 Å². The van der Waals surface area contributed by atoms with Crippen LogP contribution in [0.5, 0.6) is 0 Å². The Balaban J connectivity index is 1.41. The zero-order valence-corrected chi connectivity index (χ0v) is 18.1. The van der Waals surface area contributed by atoms with Crippen LogP contribution >= 0.6 is 11.3 Å². The van der Waals surface area contributed by atoms with E-state index < -0.39 is 11.1 Å². The van der Waals surface area contributed by atoms with Gasteiger partial charge in [0.1, 0.15) is 5.82 Å². The third kappa shape index (κ3) is 3.26. The number of fused-ring (bicyclic) bond motifs is 2. The highest BCUT2D eigenvalue weighted by Crippen LogP contribution is 2.40. The topological polar surface area (TPSA) is 78.0 Å². The molecule has 1 spiro atoms. The van der Waals surface area contributed by atoms with Crippen LogP contribution in [-0.4, -0.2) is 42.1 Å². The first-order valence-electron chi connectivity index (χ1n) is 10.5. The standard InChI is InChI=1S/C21H26N6O2S/c1-15(2)26-12-16(10-22-26)11-24-7-5-21(14-24)6-8-25-18(28)19(29)27(23-20(21)25)13-17-4-3-9-30-17/h3-4,9-10,12,15H,5-8,11,13-14H2,1-2H3/t21-/m1/s1. The zero-order valence-electron chi connectivity index (χ0n) is 17.3. The molecule has 1 atom stereocenters. The Kier molecular flexibility index (Phi) is 4.74. The minimum Gasteiger partial charge on any atom is -0.298 e. The number of nitrogens with zero attached hydrogens (tertiary/aromatic N) is 6. The van der Waals surface area contributed by atoms with Gasteiger partial charge >= 0.3 is 11.1 Å². The van der Waals surface area contributed by atoms with E-state index in [-0.39, 0.29) is 5.41 Å². The zero-order chi connectivity index (χ0) is 20.9. The van der Waals surface area contributed by atoms with Crippen LogP contribution < -0.4 is 11.1 Å². The second-order valence-corrected chi connectivity index (χ2v) is 9.77. The van der Waals surface area contributed by atoms with Crippen molar-refractivity contribution in [3.05, 3.63) is 66.9 Å². The normalized spacial score (nSPS) is 21.2. The molecule has 158 valence electrons. The Bertz CT molecular complexity index is 1180. The van der Waals surface area contributed by atoms with Crippen LogP contribution in [0.2, 0.25) is 0 Å². The fraction of sp³-hybridized carbons (Fsp3) is 0.524. The number of thiophene rings is 1. The van der Waals surface area contributed by atoms with Gasteiger partial charge in [0.15, 0.2) is 0 Å². The largest absolute Gasteiger partial charge is 0.332 e. The maximum absolute atomic E-state index is 12.8. The molecule has 0 amide bonds. The molecule has 0 bridgehead atoms. The van der Waals surface area contributed by atoms with Gasteiger partial charge in [-0.2, -0.15) is 10.2 Å². The van der Waals surface area contributed by atoms with Crippen molar-refractivity contribution < 1.29 is 0 Å². The molecule has 0 radical (unpaired) electrons. The van der Waals surface area contributed by atoms with E-state index in [4.69, 9.17) is 5.10 Å². The predicted octanol–water partition coefficient (Wildman–Crippen LogP) is 1.84. The molecule has 9 heteroatoms. The number of aromatic nitrogens is 5. The predicted molar refractivity (Wildman–Crippen MR) is 115 cm³/mol. The lowest BCUT2D eigenvalue weighted by atomic mass is 9.85. The number of rotatable bonds is 5. The van der Waals surface area contributed by atoms with Crippen LogP contribution in [0.15, 0.2) is 39.5 Å². The molecule has 2 aliphatic rings.